The molecule has 0 radical (unpaired) electrons. The van der Waals surface area contributed by atoms with Crippen molar-refractivity contribution in [1.82, 2.24) is 5.32 Å². The minimum atomic E-state index is -0.624. The highest BCUT2D eigenvalue weighted by atomic mass is 35.5. The number of benzene rings is 1. The Morgan fingerprint density at radius 2 is 1.86 bits per heavy atom. The van der Waals surface area contributed by atoms with Gasteiger partial charge in [0.15, 0.2) is 0 Å². The summed E-state index contributed by atoms with van der Waals surface area (Å²) in [5.74, 6) is 0.731. The molecule has 0 heterocycles. The molecule has 5 aliphatic carbocycles. The number of rotatable bonds is 4. The van der Waals surface area contributed by atoms with Gasteiger partial charge < -0.3 is 10.4 Å². The highest BCUT2D eigenvalue weighted by molar-refractivity contribution is 6.30. The molecule has 5 saturated carbocycles. The average molecular weight is 402 g/mol. The van der Waals surface area contributed by atoms with Crippen molar-refractivity contribution in [1.29, 1.82) is 0 Å². The van der Waals surface area contributed by atoms with Crippen LogP contribution in [0, 0.1) is 29.1 Å². The molecule has 6 atom stereocenters. The van der Waals surface area contributed by atoms with Crippen molar-refractivity contribution in [2.75, 3.05) is 0 Å². The second-order valence-corrected chi connectivity index (χ2v) is 10.3. The molecule has 28 heavy (non-hydrogen) atoms. The molecular formula is C23H28ClNO3. The van der Waals surface area contributed by atoms with Crippen LogP contribution in [0.15, 0.2) is 24.3 Å². The maximum Gasteiger partial charge on any atom is 0.309 e. The molecule has 150 valence electrons. The van der Waals surface area contributed by atoms with Crippen LogP contribution in [0.2, 0.25) is 5.02 Å². The Bertz CT molecular complexity index is 818. The van der Waals surface area contributed by atoms with E-state index >= 15 is 0 Å². The van der Waals surface area contributed by atoms with Crippen LogP contribution in [0.25, 0.3) is 0 Å². The smallest absolute Gasteiger partial charge is 0.309 e. The van der Waals surface area contributed by atoms with Crippen molar-refractivity contribution >= 4 is 23.5 Å². The molecule has 0 aliphatic heterocycles. The Labute approximate surface area is 171 Å². The highest BCUT2D eigenvalue weighted by Crippen LogP contribution is 2.63. The van der Waals surface area contributed by atoms with E-state index in [0.717, 1.165) is 50.5 Å². The summed E-state index contributed by atoms with van der Waals surface area (Å²) in [5.41, 5.74) is 0.0502. The van der Waals surface area contributed by atoms with Gasteiger partial charge in [-0.05, 0) is 79.9 Å². The number of carbonyl (C=O) groups excluding carboxylic acids is 1. The highest BCUT2D eigenvalue weighted by Gasteiger charge is 2.63. The van der Waals surface area contributed by atoms with Crippen molar-refractivity contribution in [2.45, 2.75) is 63.3 Å². The standard InChI is InChI=1S/C23H28ClNO3/c1-13-18-10-14-9-15(12-23(13,11-14)21(27)28)19(18)25-20(26)22(7-2-8-22)16-3-5-17(24)6-4-16/h3-6,13-15,18-19H,2,7-12H2,1H3,(H,25,26)(H,27,28). The van der Waals surface area contributed by atoms with E-state index in [9.17, 15) is 14.7 Å². The van der Waals surface area contributed by atoms with Gasteiger partial charge in [0.2, 0.25) is 5.91 Å². The zero-order valence-corrected chi connectivity index (χ0v) is 17.0. The van der Waals surface area contributed by atoms with Gasteiger partial charge in [0.1, 0.15) is 0 Å². The molecule has 5 aliphatic rings. The first-order valence-electron chi connectivity index (χ1n) is 10.7. The van der Waals surface area contributed by atoms with Crippen LogP contribution in [-0.2, 0) is 15.0 Å². The normalized spacial score (nSPS) is 40.0. The molecule has 2 N–H and O–H groups in total. The lowest BCUT2D eigenvalue weighted by Crippen LogP contribution is -2.66. The van der Waals surface area contributed by atoms with Gasteiger partial charge in [0.05, 0.1) is 10.8 Å². The van der Waals surface area contributed by atoms with Crippen LogP contribution in [0.3, 0.4) is 0 Å². The lowest BCUT2D eigenvalue weighted by atomic mass is 9.44. The Morgan fingerprint density at radius 1 is 1.14 bits per heavy atom. The lowest BCUT2D eigenvalue weighted by Gasteiger charge is -2.62. The van der Waals surface area contributed by atoms with Gasteiger partial charge in [-0.2, -0.15) is 0 Å². The van der Waals surface area contributed by atoms with Crippen LogP contribution >= 0.6 is 11.6 Å². The quantitative estimate of drug-likeness (QED) is 0.785. The molecule has 6 rings (SSSR count). The molecule has 5 heteroatoms. The zero-order chi connectivity index (χ0) is 19.7. The number of halogens is 1. The summed E-state index contributed by atoms with van der Waals surface area (Å²) in [4.78, 5) is 25.6. The third-order valence-corrected chi connectivity index (χ3v) is 9.02. The number of carboxylic acid groups (broad SMARTS) is 1. The van der Waals surface area contributed by atoms with E-state index in [4.69, 9.17) is 11.6 Å². The van der Waals surface area contributed by atoms with Gasteiger partial charge in [-0.15, -0.1) is 0 Å². The number of amides is 1. The van der Waals surface area contributed by atoms with Crippen LogP contribution < -0.4 is 5.32 Å². The second kappa shape index (κ2) is 6.22. The maximum atomic E-state index is 13.5. The van der Waals surface area contributed by atoms with Crippen LogP contribution in [-0.4, -0.2) is 23.0 Å². The van der Waals surface area contributed by atoms with Crippen LogP contribution in [0.5, 0.6) is 0 Å². The van der Waals surface area contributed by atoms with E-state index in [2.05, 4.69) is 12.2 Å². The van der Waals surface area contributed by atoms with Crippen molar-refractivity contribution < 1.29 is 14.7 Å². The van der Waals surface area contributed by atoms with Crippen LogP contribution in [0.4, 0.5) is 0 Å². The molecule has 1 aromatic rings. The van der Waals surface area contributed by atoms with Gasteiger partial charge in [0.25, 0.3) is 0 Å². The first-order chi connectivity index (χ1) is 13.4. The summed E-state index contributed by atoms with van der Waals surface area (Å²) in [5, 5.41) is 14.1. The first-order valence-corrected chi connectivity index (χ1v) is 11.0. The van der Waals surface area contributed by atoms with E-state index in [-0.39, 0.29) is 23.8 Å². The topological polar surface area (TPSA) is 66.4 Å². The number of aliphatic carboxylic acids is 1. The number of carboxylic acids is 1. The molecule has 0 aromatic heterocycles. The lowest BCUT2D eigenvalue weighted by molar-refractivity contribution is -0.180. The van der Waals surface area contributed by atoms with Gasteiger partial charge in [-0.1, -0.05) is 37.1 Å². The molecule has 5 fully saturated rings. The van der Waals surface area contributed by atoms with Gasteiger partial charge in [0, 0.05) is 11.1 Å². The number of hydrogen-bond donors (Lipinski definition) is 2. The summed E-state index contributed by atoms with van der Waals surface area (Å²) < 4.78 is 0. The summed E-state index contributed by atoms with van der Waals surface area (Å²) in [6.45, 7) is 2.11. The molecule has 4 bridgehead atoms. The predicted molar refractivity (Wildman–Crippen MR) is 107 cm³/mol. The fourth-order valence-corrected chi connectivity index (χ4v) is 7.25. The SMILES string of the molecule is CC1C2CC3CC(CC1(C(=O)O)C3)C2NC(=O)C1(c2ccc(Cl)cc2)CCC1. The summed E-state index contributed by atoms with van der Waals surface area (Å²) >= 11 is 6.05. The van der Waals surface area contributed by atoms with Crippen molar-refractivity contribution in [2.24, 2.45) is 29.1 Å². The van der Waals surface area contributed by atoms with Gasteiger partial charge >= 0.3 is 5.97 Å². The average Bonchev–Trinajstić information content (AvgIpc) is 2.62. The molecular weight excluding hydrogens is 374 g/mol. The van der Waals surface area contributed by atoms with Crippen molar-refractivity contribution in [3.63, 3.8) is 0 Å². The summed E-state index contributed by atoms with van der Waals surface area (Å²) in [6.07, 6.45) is 6.48. The predicted octanol–water partition coefficient (Wildman–Crippen LogP) is 4.40. The van der Waals surface area contributed by atoms with E-state index in [0.29, 0.717) is 16.9 Å². The Hall–Kier alpha value is -1.55. The second-order valence-electron chi connectivity index (χ2n) is 9.86. The minimum absolute atomic E-state index is 0.121. The number of hydrogen-bond acceptors (Lipinski definition) is 2. The van der Waals surface area contributed by atoms with E-state index in [1.165, 1.54) is 0 Å². The molecule has 4 nitrogen and oxygen atoms in total. The molecule has 1 aromatic carbocycles. The Morgan fingerprint density at radius 3 is 2.46 bits per heavy atom. The fraction of sp³-hybridized carbons (Fsp3) is 0.652. The first kappa shape index (κ1) is 18.5. The van der Waals surface area contributed by atoms with Gasteiger partial charge in [-0.3, -0.25) is 9.59 Å². The van der Waals surface area contributed by atoms with Crippen LogP contribution in [0.1, 0.15) is 57.4 Å². The minimum Gasteiger partial charge on any atom is -0.481 e. The maximum absolute atomic E-state index is 13.5. The van der Waals surface area contributed by atoms with E-state index < -0.39 is 16.8 Å². The van der Waals surface area contributed by atoms with Gasteiger partial charge in [-0.25, -0.2) is 0 Å². The third kappa shape index (κ3) is 2.43. The van der Waals surface area contributed by atoms with Crippen molar-refractivity contribution in [3.05, 3.63) is 34.9 Å². The molecule has 6 unspecified atom stereocenters. The summed E-state index contributed by atoms with van der Waals surface area (Å²) in [6, 6.07) is 7.83. The Kier molecular flexibility index (Phi) is 4.11. The third-order valence-electron chi connectivity index (χ3n) is 8.77. The number of carbonyl (C=O) groups is 2. The zero-order valence-electron chi connectivity index (χ0n) is 16.3. The molecule has 0 spiro atoms. The number of nitrogens with one attached hydrogen (secondary N) is 1. The molecule has 0 saturated heterocycles. The fourth-order valence-electron chi connectivity index (χ4n) is 7.12. The van der Waals surface area contributed by atoms with E-state index in [1.807, 2.05) is 24.3 Å². The molecule has 1 amide bonds. The Balaban J connectivity index is 1.40. The monoisotopic (exact) mass is 401 g/mol. The largest absolute Gasteiger partial charge is 0.481 e. The summed E-state index contributed by atoms with van der Waals surface area (Å²) in [7, 11) is 0. The van der Waals surface area contributed by atoms with Crippen molar-refractivity contribution in [3.8, 4) is 0 Å². The van der Waals surface area contributed by atoms with E-state index in [1.54, 1.807) is 0 Å².